The highest BCUT2D eigenvalue weighted by Crippen LogP contribution is 2.18. The van der Waals surface area contributed by atoms with E-state index in [1.54, 1.807) is 6.20 Å². The van der Waals surface area contributed by atoms with E-state index in [0.29, 0.717) is 5.82 Å². The molecule has 0 fully saturated rings. The molecule has 0 saturated heterocycles. The Kier molecular flexibility index (Phi) is 6.45. The summed E-state index contributed by atoms with van der Waals surface area (Å²) in [6, 6.07) is 2.13. The van der Waals surface area contributed by atoms with E-state index in [-0.39, 0.29) is 17.9 Å². The molecule has 0 spiro atoms. The lowest BCUT2D eigenvalue weighted by atomic mass is 10.0. The first-order chi connectivity index (χ1) is 8.90. The molecule has 0 saturated carbocycles. The minimum absolute atomic E-state index is 0.0163. The van der Waals surface area contributed by atoms with Crippen LogP contribution in [0.4, 0.5) is 5.82 Å². The van der Waals surface area contributed by atoms with Gasteiger partial charge in [-0.15, -0.1) is 0 Å². The molecule has 0 aliphatic rings. The molecule has 0 aliphatic carbocycles. The van der Waals surface area contributed by atoms with Crippen molar-refractivity contribution in [1.29, 1.82) is 0 Å². The molecule has 0 aromatic carbocycles. The van der Waals surface area contributed by atoms with Crippen LogP contribution in [0.5, 0.6) is 0 Å². The van der Waals surface area contributed by atoms with E-state index in [1.807, 2.05) is 26.8 Å². The predicted molar refractivity (Wildman–Crippen MR) is 82.0 cm³/mol. The maximum Gasteiger partial charge on any atom is 0.228 e. The maximum absolute atomic E-state index is 12.0. The standard InChI is InChI=1S/C14H22BrN3O/c1-9(5-4-6-11(3)16)14(19)18-13-10(2)7-12(15)8-17-13/h7-9,11H,4-6,16H2,1-3H3,(H,17,18,19). The molecule has 0 aliphatic heterocycles. The van der Waals surface area contributed by atoms with Gasteiger partial charge in [0.25, 0.3) is 0 Å². The highest BCUT2D eigenvalue weighted by Gasteiger charge is 2.14. The molecule has 2 unspecified atom stereocenters. The van der Waals surface area contributed by atoms with Crippen molar-refractivity contribution in [2.45, 2.75) is 46.1 Å². The first-order valence-electron chi connectivity index (χ1n) is 6.58. The number of rotatable bonds is 6. The van der Waals surface area contributed by atoms with Gasteiger partial charge in [0.1, 0.15) is 5.82 Å². The lowest BCUT2D eigenvalue weighted by Crippen LogP contribution is -2.22. The third-order valence-corrected chi connectivity index (χ3v) is 3.46. The number of nitrogens with zero attached hydrogens (tertiary/aromatic N) is 1. The smallest absolute Gasteiger partial charge is 0.228 e. The van der Waals surface area contributed by atoms with Crippen molar-refractivity contribution in [2.24, 2.45) is 11.7 Å². The Hall–Kier alpha value is -0.940. The Labute approximate surface area is 123 Å². The van der Waals surface area contributed by atoms with Gasteiger partial charge in [-0.25, -0.2) is 4.98 Å². The van der Waals surface area contributed by atoms with Gasteiger partial charge in [-0.1, -0.05) is 13.3 Å². The molecule has 3 N–H and O–H groups in total. The van der Waals surface area contributed by atoms with Gasteiger partial charge in [-0.05, 0) is 54.2 Å². The van der Waals surface area contributed by atoms with Crippen molar-refractivity contribution in [3.8, 4) is 0 Å². The van der Waals surface area contributed by atoms with E-state index in [4.69, 9.17) is 5.73 Å². The van der Waals surface area contributed by atoms with Crippen molar-refractivity contribution in [3.63, 3.8) is 0 Å². The second-order valence-electron chi connectivity index (χ2n) is 5.12. The Morgan fingerprint density at radius 1 is 1.47 bits per heavy atom. The van der Waals surface area contributed by atoms with E-state index in [1.165, 1.54) is 0 Å². The van der Waals surface area contributed by atoms with Gasteiger partial charge in [-0.2, -0.15) is 0 Å². The number of anilines is 1. The summed E-state index contributed by atoms with van der Waals surface area (Å²) in [5.74, 6) is 0.624. The zero-order chi connectivity index (χ0) is 14.4. The quantitative estimate of drug-likeness (QED) is 0.842. The number of halogens is 1. The van der Waals surface area contributed by atoms with Crippen molar-refractivity contribution in [3.05, 3.63) is 22.3 Å². The molecule has 1 aromatic heterocycles. The first-order valence-corrected chi connectivity index (χ1v) is 7.38. The van der Waals surface area contributed by atoms with Crippen LogP contribution in [-0.2, 0) is 4.79 Å². The number of amides is 1. The van der Waals surface area contributed by atoms with Crippen LogP contribution in [0.1, 0.15) is 38.7 Å². The van der Waals surface area contributed by atoms with Gasteiger partial charge < -0.3 is 11.1 Å². The fraction of sp³-hybridized carbons (Fsp3) is 0.571. The Morgan fingerprint density at radius 3 is 2.74 bits per heavy atom. The molecule has 19 heavy (non-hydrogen) atoms. The fourth-order valence-electron chi connectivity index (χ4n) is 1.79. The molecular formula is C14H22BrN3O. The third-order valence-electron chi connectivity index (χ3n) is 3.03. The summed E-state index contributed by atoms with van der Waals surface area (Å²) in [6.07, 6.45) is 4.46. The van der Waals surface area contributed by atoms with Crippen LogP contribution in [0.3, 0.4) is 0 Å². The third kappa shape index (κ3) is 5.70. The van der Waals surface area contributed by atoms with Crippen LogP contribution in [0.2, 0.25) is 0 Å². The van der Waals surface area contributed by atoms with Gasteiger partial charge in [-0.3, -0.25) is 4.79 Å². The van der Waals surface area contributed by atoms with Crippen LogP contribution < -0.4 is 11.1 Å². The number of aromatic nitrogens is 1. The molecule has 0 radical (unpaired) electrons. The molecule has 2 atom stereocenters. The summed E-state index contributed by atoms with van der Waals surface area (Å²) < 4.78 is 0.910. The van der Waals surface area contributed by atoms with Crippen LogP contribution in [0.15, 0.2) is 16.7 Å². The van der Waals surface area contributed by atoms with Crippen LogP contribution in [0.25, 0.3) is 0 Å². The largest absolute Gasteiger partial charge is 0.328 e. The van der Waals surface area contributed by atoms with E-state index in [0.717, 1.165) is 29.3 Å². The van der Waals surface area contributed by atoms with E-state index in [2.05, 4.69) is 26.2 Å². The zero-order valence-corrected chi connectivity index (χ0v) is 13.3. The molecular weight excluding hydrogens is 306 g/mol. The summed E-state index contributed by atoms with van der Waals surface area (Å²) >= 11 is 3.35. The topological polar surface area (TPSA) is 68.0 Å². The predicted octanol–water partition coefficient (Wildman–Crippen LogP) is 3.24. The second kappa shape index (κ2) is 7.60. The molecule has 1 aromatic rings. The number of hydrogen-bond acceptors (Lipinski definition) is 3. The highest BCUT2D eigenvalue weighted by molar-refractivity contribution is 9.10. The van der Waals surface area contributed by atoms with Crippen molar-refractivity contribution in [2.75, 3.05) is 5.32 Å². The molecule has 5 heteroatoms. The first kappa shape index (κ1) is 16.1. The number of carbonyl (C=O) groups excluding carboxylic acids is 1. The SMILES string of the molecule is Cc1cc(Br)cnc1NC(=O)C(C)CCCC(C)N. The van der Waals surface area contributed by atoms with Gasteiger partial charge in [0.2, 0.25) is 5.91 Å². The number of nitrogens with two attached hydrogens (primary N) is 1. The van der Waals surface area contributed by atoms with E-state index < -0.39 is 0 Å². The van der Waals surface area contributed by atoms with Gasteiger partial charge in [0, 0.05) is 22.6 Å². The zero-order valence-electron chi connectivity index (χ0n) is 11.7. The molecule has 1 rings (SSSR count). The molecule has 106 valence electrons. The molecule has 0 bridgehead atoms. The lowest BCUT2D eigenvalue weighted by Gasteiger charge is -2.13. The highest BCUT2D eigenvalue weighted by atomic mass is 79.9. The van der Waals surface area contributed by atoms with E-state index >= 15 is 0 Å². The van der Waals surface area contributed by atoms with Crippen LogP contribution >= 0.6 is 15.9 Å². The monoisotopic (exact) mass is 327 g/mol. The summed E-state index contributed by atoms with van der Waals surface area (Å²) in [5, 5.41) is 2.87. The normalized spacial score (nSPS) is 13.9. The van der Waals surface area contributed by atoms with E-state index in [9.17, 15) is 4.79 Å². The molecule has 4 nitrogen and oxygen atoms in total. The summed E-state index contributed by atoms with van der Waals surface area (Å²) in [5.41, 5.74) is 6.65. The number of pyridine rings is 1. The van der Waals surface area contributed by atoms with Gasteiger partial charge >= 0.3 is 0 Å². The maximum atomic E-state index is 12.0. The average Bonchev–Trinajstić information content (AvgIpc) is 2.32. The average molecular weight is 328 g/mol. The lowest BCUT2D eigenvalue weighted by molar-refractivity contribution is -0.119. The Morgan fingerprint density at radius 2 is 2.16 bits per heavy atom. The minimum atomic E-state index is -0.0244. The van der Waals surface area contributed by atoms with Crippen LogP contribution in [-0.4, -0.2) is 16.9 Å². The molecule has 1 heterocycles. The number of carbonyl (C=O) groups is 1. The fourth-order valence-corrected chi connectivity index (χ4v) is 2.23. The number of hydrogen-bond donors (Lipinski definition) is 2. The Bertz CT molecular complexity index is 435. The summed E-state index contributed by atoms with van der Waals surface area (Å²) in [4.78, 5) is 16.2. The second-order valence-corrected chi connectivity index (χ2v) is 6.03. The Balaban J connectivity index is 2.49. The van der Waals surface area contributed by atoms with Crippen molar-refractivity contribution >= 4 is 27.7 Å². The van der Waals surface area contributed by atoms with Crippen LogP contribution in [0, 0.1) is 12.8 Å². The van der Waals surface area contributed by atoms with Crippen molar-refractivity contribution in [1.82, 2.24) is 4.98 Å². The minimum Gasteiger partial charge on any atom is -0.328 e. The number of aryl methyl sites for hydroxylation is 1. The summed E-state index contributed by atoms with van der Waals surface area (Å²) in [7, 11) is 0. The number of nitrogens with one attached hydrogen (secondary N) is 1. The van der Waals surface area contributed by atoms with Gasteiger partial charge in [0.15, 0.2) is 0 Å². The summed E-state index contributed by atoms with van der Waals surface area (Å²) in [6.45, 7) is 5.85. The van der Waals surface area contributed by atoms with Gasteiger partial charge in [0.05, 0.1) is 0 Å². The molecule has 1 amide bonds. The van der Waals surface area contributed by atoms with Crippen molar-refractivity contribution < 1.29 is 4.79 Å².